The van der Waals surface area contributed by atoms with E-state index < -0.39 is 0 Å². The molecule has 0 radical (unpaired) electrons. The average molecular weight is 263 g/mol. The molecule has 1 aromatic carbocycles. The topological polar surface area (TPSA) is 3.24 Å². The Hall–Kier alpha value is -0.820. The van der Waals surface area contributed by atoms with Crippen molar-refractivity contribution in [1.82, 2.24) is 4.90 Å². The van der Waals surface area contributed by atoms with Gasteiger partial charge in [0.2, 0.25) is 0 Å². The van der Waals surface area contributed by atoms with Crippen molar-refractivity contribution in [1.29, 1.82) is 0 Å². The summed E-state index contributed by atoms with van der Waals surface area (Å²) in [5.74, 6) is 1.32. The summed E-state index contributed by atoms with van der Waals surface area (Å²) in [7, 11) is 4.31. The van der Waals surface area contributed by atoms with Crippen LogP contribution in [-0.4, -0.2) is 25.5 Å². The minimum Gasteiger partial charge on any atom is -0.309 e. The van der Waals surface area contributed by atoms with E-state index >= 15 is 0 Å². The summed E-state index contributed by atoms with van der Waals surface area (Å²) in [6, 6.07) is 7.00. The molecule has 0 N–H and O–H groups in total. The van der Waals surface area contributed by atoms with Gasteiger partial charge in [-0.2, -0.15) is 0 Å². The number of likely N-dealkylation sites (N-methyl/N-ethyl adjacent to an activating group) is 1. The van der Waals surface area contributed by atoms with Crippen molar-refractivity contribution in [3.63, 3.8) is 0 Å². The minimum atomic E-state index is 0.634. The molecule has 19 heavy (non-hydrogen) atoms. The third kappa shape index (κ3) is 5.78. The minimum absolute atomic E-state index is 0.634. The molecule has 0 aliphatic rings. The van der Waals surface area contributed by atoms with E-state index in [0.29, 0.717) is 11.8 Å². The molecule has 1 heteroatoms. The first kappa shape index (κ1) is 18.2. The maximum Gasteiger partial charge on any atom is 0.00466 e. The zero-order chi connectivity index (χ0) is 15.0. The molecule has 0 saturated heterocycles. The van der Waals surface area contributed by atoms with E-state index in [1.807, 2.05) is 13.8 Å². The lowest BCUT2D eigenvalue weighted by Gasteiger charge is -2.25. The summed E-state index contributed by atoms with van der Waals surface area (Å²) in [4.78, 5) is 2.29. The Kier molecular flexibility index (Phi) is 8.75. The van der Waals surface area contributed by atoms with Crippen LogP contribution in [0.4, 0.5) is 0 Å². The SMILES string of the molecule is CC.CCc1ccc(C(CN(C)C)C(C)C)cc1C. The van der Waals surface area contributed by atoms with Gasteiger partial charge in [-0.3, -0.25) is 0 Å². The van der Waals surface area contributed by atoms with Crippen LogP contribution in [0.25, 0.3) is 0 Å². The average Bonchev–Trinajstić information content (AvgIpc) is 2.37. The highest BCUT2D eigenvalue weighted by Gasteiger charge is 2.17. The quantitative estimate of drug-likeness (QED) is 0.731. The van der Waals surface area contributed by atoms with E-state index in [4.69, 9.17) is 0 Å². The molecule has 1 unspecified atom stereocenters. The first-order valence-electron chi connectivity index (χ1n) is 7.69. The molecule has 0 aliphatic carbocycles. The summed E-state index contributed by atoms with van der Waals surface area (Å²) < 4.78 is 0. The van der Waals surface area contributed by atoms with Gasteiger partial charge >= 0.3 is 0 Å². The van der Waals surface area contributed by atoms with Gasteiger partial charge in [-0.05, 0) is 56.0 Å². The maximum absolute atomic E-state index is 2.38. The molecule has 0 aliphatic heterocycles. The molecule has 1 rings (SSSR count). The summed E-state index contributed by atoms with van der Waals surface area (Å²) in [5, 5.41) is 0. The van der Waals surface area contributed by atoms with Gasteiger partial charge in [0, 0.05) is 6.54 Å². The molecule has 110 valence electrons. The molecular formula is C18H33N. The van der Waals surface area contributed by atoms with Gasteiger partial charge in [0.05, 0.1) is 0 Å². The van der Waals surface area contributed by atoms with E-state index in [1.165, 1.54) is 16.7 Å². The van der Waals surface area contributed by atoms with Crippen LogP contribution in [0.15, 0.2) is 18.2 Å². The Morgan fingerprint density at radius 2 is 1.68 bits per heavy atom. The summed E-state index contributed by atoms with van der Waals surface area (Å²) in [5.41, 5.74) is 4.40. The largest absolute Gasteiger partial charge is 0.309 e. The van der Waals surface area contributed by atoms with Gasteiger partial charge in [0.25, 0.3) is 0 Å². The van der Waals surface area contributed by atoms with Crippen molar-refractivity contribution in [2.75, 3.05) is 20.6 Å². The highest BCUT2D eigenvalue weighted by atomic mass is 15.1. The van der Waals surface area contributed by atoms with Gasteiger partial charge < -0.3 is 4.90 Å². The predicted octanol–water partition coefficient (Wildman–Crippen LogP) is 4.88. The van der Waals surface area contributed by atoms with E-state index in [0.717, 1.165) is 13.0 Å². The number of benzene rings is 1. The predicted molar refractivity (Wildman–Crippen MR) is 88.0 cm³/mol. The third-order valence-electron chi connectivity index (χ3n) is 3.54. The molecule has 0 bridgehead atoms. The molecule has 0 heterocycles. The van der Waals surface area contributed by atoms with Crippen molar-refractivity contribution in [3.8, 4) is 0 Å². The van der Waals surface area contributed by atoms with Crippen LogP contribution < -0.4 is 0 Å². The number of rotatable bonds is 5. The number of nitrogens with zero attached hydrogens (tertiary/aromatic N) is 1. The Labute approximate surface area is 121 Å². The number of hydrogen-bond donors (Lipinski definition) is 0. The van der Waals surface area contributed by atoms with Crippen LogP contribution >= 0.6 is 0 Å². The van der Waals surface area contributed by atoms with E-state index in [2.05, 4.69) is 64.9 Å². The van der Waals surface area contributed by atoms with Crippen molar-refractivity contribution in [2.45, 2.75) is 53.9 Å². The Bertz CT molecular complexity index is 353. The Morgan fingerprint density at radius 3 is 2.05 bits per heavy atom. The zero-order valence-electron chi connectivity index (χ0n) is 14.2. The van der Waals surface area contributed by atoms with Gasteiger partial charge in [0.15, 0.2) is 0 Å². The summed E-state index contributed by atoms with van der Waals surface area (Å²) in [6.07, 6.45) is 1.13. The smallest absolute Gasteiger partial charge is 0.00466 e. The lowest BCUT2D eigenvalue weighted by Crippen LogP contribution is -2.23. The lowest BCUT2D eigenvalue weighted by atomic mass is 9.86. The van der Waals surface area contributed by atoms with Crippen molar-refractivity contribution in [3.05, 3.63) is 34.9 Å². The second kappa shape index (κ2) is 9.14. The second-order valence-corrected chi connectivity index (χ2v) is 5.65. The Morgan fingerprint density at radius 1 is 1.11 bits per heavy atom. The second-order valence-electron chi connectivity index (χ2n) is 5.65. The standard InChI is InChI=1S/C16H27N.C2H6/c1-7-14-8-9-15(10-13(14)4)16(12(2)3)11-17(5)6;1-2/h8-10,12,16H,7,11H2,1-6H3;1-2H3. The zero-order valence-corrected chi connectivity index (χ0v) is 14.2. The molecule has 1 atom stereocenters. The van der Waals surface area contributed by atoms with Crippen LogP contribution in [0.2, 0.25) is 0 Å². The molecule has 0 amide bonds. The van der Waals surface area contributed by atoms with Crippen molar-refractivity contribution >= 4 is 0 Å². The molecule has 1 aromatic rings. The fourth-order valence-corrected chi connectivity index (χ4v) is 2.44. The summed E-state index contributed by atoms with van der Waals surface area (Å²) >= 11 is 0. The first-order chi connectivity index (χ1) is 8.95. The fraction of sp³-hybridized carbons (Fsp3) is 0.667. The monoisotopic (exact) mass is 263 g/mol. The van der Waals surface area contributed by atoms with Crippen molar-refractivity contribution in [2.24, 2.45) is 5.92 Å². The van der Waals surface area contributed by atoms with E-state index in [1.54, 1.807) is 0 Å². The maximum atomic E-state index is 2.38. The van der Waals surface area contributed by atoms with E-state index in [9.17, 15) is 0 Å². The first-order valence-corrected chi connectivity index (χ1v) is 7.69. The molecule has 0 saturated carbocycles. The van der Waals surface area contributed by atoms with Crippen LogP contribution in [0, 0.1) is 12.8 Å². The molecule has 0 aromatic heterocycles. The van der Waals surface area contributed by atoms with Crippen LogP contribution in [0.1, 0.15) is 57.2 Å². The molecule has 1 nitrogen and oxygen atoms in total. The van der Waals surface area contributed by atoms with Gasteiger partial charge in [-0.15, -0.1) is 0 Å². The highest BCUT2D eigenvalue weighted by molar-refractivity contribution is 5.33. The number of hydrogen-bond acceptors (Lipinski definition) is 1. The number of aryl methyl sites for hydroxylation is 2. The van der Waals surface area contributed by atoms with Crippen LogP contribution in [0.5, 0.6) is 0 Å². The van der Waals surface area contributed by atoms with Crippen molar-refractivity contribution < 1.29 is 0 Å². The highest BCUT2D eigenvalue weighted by Crippen LogP contribution is 2.26. The third-order valence-corrected chi connectivity index (χ3v) is 3.54. The Balaban J connectivity index is 0.00000154. The van der Waals surface area contributed by atoms with Gasteiger partial charge in [0.1, 0.15) is 0 Å². The molecule has 0 fully saturated rings. The van der Waals surface area contributed by atoms with Gasteiger partial charge in [-0.25, -0.2) is 0 Å². The van der Waals surface area contributed by atoms with Crippen LogP contribution in [0.3, 0.4) is 0 Å². The summed E-state index contributed by atoms with van der Waals surface area (Å²) in [6.45, 7) is 14.2. The molecule has 0 spiro atoms. The lowest BCUT2D eigenvalue weighted by molar-refractivity contribution is 0.330. The van der Waals surface area contributed by atoms with Gasteiger partial charge in [-0.1, -0.05) is 52.8 Å². The normalized spacial score (nSPS) is 12.3. The fourth-order valence-electron chi connectivity index (χ4n) is 2.44. The van der Waals surface area contributed by atoms with E-state index in [-0.39, 0.29) is 0 Å². The molecular weight excluding hydrogens is 230 g/mol. The van der Waals surface area contributed by atoms with Crippen LogP contribution in [-0.2, 0) is 6.42 Å².